The van der Waals surface area contributed by atoms with E-state index < -0.39 is 80.2 Å². The molecular weight excluding hydrogens is 1380 g/mol. The Kier molecular flexibility index (Phi) is 29.5. The molecule has 0 spiro atoms. The number of fused-ring (bicyclic) bond motifs is 2. The normalized spacial score (nSPS) is 27.0. The molecular formula is C82H115ClO13SiSn. The van der Waals surface area contributed by atoms with Crippen molar-refractivity contribution in [1.29, 1.82) is 0 Å². The third-order valence-corrected chi connectivity index (χ3v) is 41.8. The Morgan fingerprint density at radius 1 is 0.653 bits per heavy atom. The van der Waals surface area contributed by atoms with Gasteiger partial charge in [-0.2, -0.15) is 0 Å². The molecule has 13 atom stereocenters. The predicted molar refractivity (Wildman–Crippen MR) is 396 cm³/mol. The van der Waals surface area contributed by atoms with E-state index in [2.05, 4.69) is 153 Å². The van der Waals surface area contributed by atoms with Gasteiger partial charge in [-0.1, -0.05) is 154 Å². The van der Waals surface area contributed by atoms with Crippen LogP contribution in [0, 0.1) is 0 Å². The number of esters is 1. The summed E-state index contributed by atoms with van der Waals surface area (Å²) in [7, 11) is -1.29. The number of alkyl halides is 1. The van der Waals surface area contributed by atoms with Gasteiger partial charge in [0, 0.05) is 26.1 Å². The van der Waals surface area contributed by atoms with Crippen LogP contribution in [-0.4, -0.2) is 137 Å². The fourth-order valence-electron chi connectivity index (χ4n) is 15.5. The van der Waals surface area contributed by atoms with Crippen LogP contribution in [0.4, 0.5) is 0 Å². The third-order valence-electron chi connectivity index (χ3n) is 21.3. The number of rotatable bonds is 38. The molecule has 0 aromatic heterocycles. The molecule has 5 aromatic rings. The van der Waals surface area contributed by atoms with Gasteiger partial charge in [0.05, 0.1) is 32.5 Å². The first-order chi connectivity index (χ1) is 47.3. The molecule has 0 N–H and O–H groups in total. The Morgan fingerprint density at radius 3 is 1.73 bits per heavy atom. The van der Waals surface area contributed by atoms with Gasteiger partial charge in [0.1, 0.15) is 5.75 Å². The molecule has 4 aliphatic heterocycles. The summed E-state index contributed by atoms with van der Waals surface area (Å²) in [5.41, 5.74) is 0.435. The SMILES string of the molecule is C=C[C@@]1(C)O[C@@](C)(CCO[Si](c2ccccc2)(c2ccccc2)C(C)(C)C)[C@H](OCc2ccc(OC)cc2)C[C@@H]1OC(C[C@@H]1O[C@@H]2C[C@@H]3O[C@](C)(CCOCc4ccccc4)[C@@H](OCc4ccccc4)C[C@H]3O[C@H]2C[C@H]1O/C=C/[CH2][Sn]([CH2]CCC)([CH2]CCC)[CH2]CCC)OC(=O)CCl. The average molecular weight is 1490 g/mol. The zero-order chi connectivity index (χ0) is 69.7. The standard InChI is InChI=1S/C70H88ClO13Si.3C4H9.Sn/c1-10-38-75-56-41-57-58(42-61-59(79-57)43-62(76-48-51-26-18-13-19-27-51)69(7,83-61)36-39-74-47-50-24-16-12-17-25-50)80-60(56)44-66(82-65(72)46-71)81-64-45-63(77-49-52-32-34-53(73-9)35-33-52)70(8,84-68(64,6)11-2)37-40-78-85(67(3,4)5,54-28-20-14-21-29-54)55-30-22-15-23-31-55;3*1-3-4-2;/h10-35,38,56-64,66H,1-2,36-37,39-49H2,3-9H3;3*1,3-4H2,2H3;/b38-10+;;;;/t56-,57+,58-,59-,60+,61+,62+,63-,64+,66?,68-,69-,70+;;;;/m1..../s1. The van der Waals surface area contributed by atoms with Crippen LogP contribution in [0.5, 0.6) is 5.75 Å². The first-order valence-electron chi connectivity index (χ1n) is 36.6. The van der Waals surface area contributed by atoms with E-state index in [1.165, 1.54) is 62.2 Å². The van der Waals surface area contributed by atoms with Crippen molar-refractivity contribution in [3.63, 3.8) is 0 Å². The van der Waals surface area contributed by atoms with Crippen LogP contribution >= 0.6 is 11.6 Å². The van der Waals surface area contributed by atoms with Crippen molar-refractivity contribution in [2.24, 2.45) is 0 Å². The number of benzene rings is 5. The zero-order valence-corrected chi connectivity index (χ0v) is 65.1. The number of unbranched alkanes of at least 4 members (excludes halogenated alkanes) is 3. The molecule has 5 aromatic carbocycles. The second kappa shape index (κ2) is 37.2. The number of hydrogen-bond donors (Lipinski definition) is 0. The number of carbonyl (C=O) groups is 1. The maximum atomic E-state index is 13.8. The summed E-state index contributed by atoms with van der Waals surface area (Å²) in [6.07, 6.45) is 11.9. The van der Waals surface area contributed by atoms with Crippen molar-refractivity contribution in [3.05, 3.63) is 187 Å². The fraction of sp³-hybridized carbons (Fsp3) is 0.573. The Balaban J connectivity index is 1.00. The Morgan fingerprint density at radius 2 is 1.18 bits per heavy atom. The van der Waals surface area contributed by atoms with E-state index in [4.69, 9.17) is 68.1 Å². The molecule has 13 nitrogen and oxygen atoms in total. The van der Waals surface area contributed by atoms with Gasteiger partial charge < -0.3 is 18.6 Å². The van der Waals surface area contributed by atoms with Crippen molar-refractivity contribution in [2.45, 2.75) is 266 Å². The van der Waals surface area contributed by atoms with Crippen molar-refractivity contribution >= 4 is 54.6 Å². The van der Waals surface area contributed by atoms with Crippen LogP contribution < -0.4 is 15.1 Å². The molecule has 0 radical (unpaired) electrons. The summed E-state index contributed by atoms with van der Waals surface area (Å²) in [6, 6.07) is 49.9. The van der Waals surface area contributed by atoms with Crippen molar-refractivity contribution in [3.8, 4) is 5.75 Å². The molecule has 4 heterocycles. The second-order valence-electron chi connectivity index (χ2n) is 29.6. The monoisotopic (exact) mass is 1490 g/mol. The molecule has 98 heavy (non-hydrogen) atoms. The van der Waals surface area contributed by atoms with Gasteiger partial charge in [-0.25, -0.2) is 0 Å². The van der Waals surface area contributed by atoms with Gasteiger partial charge in [-0.3, -0.25) is 0 Å². The Labute approximate surface area is 597 Å². The second-order valence-corrected chi connectivity index (χ2v) is 48.2. The van der Waals surface area contributed by atoms with E-state index in [0.29, 0.717) is 65.0 Å². The van der Waals surface area contributed by atoms with Crippen molar-refractivity contribution < 1.29 is 61.3 Å². The molecule has 0 amide bonds. The summed E-state index contributed by atoms with van der Waals surface area (Å²) in [5, 5.41) is 2.14. The number of methoxy groups -OCH3 is 1. The van der Waals surface area contributed by atoms with E-state index >= 15 is 0 Å². The third kappa shape index (κ3) is 20.5. The minimum absolute atomic E-state index is 0.128. The van der Waals surface area contributed by atoms with Crippen LogP contribution in [0.1, 0.15) is 162 Å². The summed E-state index contributed by atoms with van der Waals surface area (Å²) in [5.74, 6) is -0.244. The van der Waals surface area contributed by atoms with Gasteiger partial charge >= 0.3 is 291 Å². The van der Waals surface area contributed by atoms with Crippen molar-refractivity contribution in [2.75, 3.05) is 26.2 Å². The zero-order valence-electron chi connectivity index (χ0n) is 60.5. The van der Waals surface area contributed by atoms with E-state index in [1.54, 1.807) is 7.11 Å². The molecule has 0 aliphatic carbocycles. The minimum atomic E-state index is -2.95. The van der Waals surface area contributed by atoms with Crippen molar-refractivity contribution in [1.82, 2.24) is 0 Å². The first-order valence-corrected chi connectivity index (χ1v) is 47.1. The predicted octanol–water partition coefficient (Wildman–Crippen LogP) is 17.4. The van der Waals surface area contributed by atoms with Gasteiger partial charge in [-0.15, -0.1) is 6.58 Å². The first kappa shape index (κ1) is 77.7. The van der Waals surface area contributed by atoms with E-state index in [-0.39, 0.29) is 54.5 Å². The van der Waals surface area contributed by atoms with Gasteiger partial charge in [0.25, 0.3) is 8.32 Å². The molecule has 4 saturated heterocycles. The molecule has 1 unspecified atom stereocenters. The van der Waals surface area contributed by atoms with Crippen LogP contribution in [0.25, 0.3) is 0 Å². The number of ether oxygens (including phenoxy) is 11. The summed E-state index contributed by atoms with van der Waals surface area (Å²) < 4.78 is 88.8. The fourth-order valence-corrected chi connectivity index (χ4v) is 35.2. The molecule has 536 valence electrons. The Bertz CT molecular complexity index is 3120. The number of halogens is 1. The van der Waals surface area contributed by atoms with Crippen LogP contribution in [0.15, 0.2) is 171 Å². The quantitative estimate of drug-likeness (QED) is 0.00708. The average Bonchev–Trinajstić information content (AvgIpc) is 0.755. The maximum absolute atomic E-state index is 13.8. The number of carbonyl (C=O) groups excluding carboxylic acids is 1. The van der Waals surface area contributed by atoms with Gasteiger partial charge in [0.2, 0.25) is 0 Å². The van der Waals surface area contributed by atoms with Crippen LogP contribution in [-0.2, 0) is 76.4 Å². The Hall–Kier alpha value is -4.40. The van der Waals surface area contributed by atoms with Gasteiger partial charge in [0.15, 0.2) is 0 Å². The molecule has 4 fully saturated rings. The van der Waals surface area contributed by atoms with E-state index in [1.807, 2.05) is 79.9 Å². The van der Waals surface area contributed by atoms with Gasteiger partial charge in [-0.05, 0) is 58.1 Å². The van der Waals surface area contributed by atoms with E-state index in [0.717, 1.165) is 26.9 Å². The number of hydrogen-bond acceptors (Lipinski definition) is 13. The molecule has 0 bridgehead atoms. The summed E-state index contributed by atoms with van der Waals surface area (Å²) in [4.78, 5) is 13.8. The van der Waals surface area contributed by atoms with Crippen LogP contribution in [0.3, 0.4) is 0 Å². The molecule has 0 saturated carbocycles. The van der Waals surface area contributed by atoms with Crippen LogP contribution in [0.2, 0.25) is 22.8 Å². The summed E-state index contributed by atoms with van der Waals surface area (Å²) >= 11 is 3.76. The summed E-state index contributed by atoms with van der Waals surface area (Å²) in [6.45, 7) is 26.6. The number of allylic oxidation sites excluding steroid dienone is 1. The molecule has 9 rings (SSSR count). The molecule has 4 aliphatic rings. The van der Waals surface area contributed by atoms with E-state index in [9.17, 15) is 4.79 Å². The topological polar surface area (TPSA) is 128 Å². The molecule has 16 heteroatoms.